The number of thiazole rings is 1. The third-order valence-electron chi connectivity index (χ3n) is 2.90. The van der Waals surface area contributed by atoms with Crippen molar-refractivity contribution in [2.45, 2.75) is 18.9 Å². The van der Waals surface area contributed by atoms with Gasteiger partial charge >= 0.3 is 0 Å². The van der Waals surface area contributed by atoms with Gasteiger partial charge in [0.05, 0.1) is 22.9 Å². The predicted molar refractivity (Wildman–Crippen MR) is 71.5 cm³/mol. The zero-order chi connectivity index (χ0) is 11.7. The number of hydrogen-bond donors (Lipinski definition) is 2. The Labute approximate surface area is 104 Å². The fourth-order valence-electron chi connectivity index (χ4n) is 2.03. The van der Waals surface area contributed by atoms with Crippen molar-refractivity contribution in [2.24, 2.45) is 0 Å². The molecule has 0 amide bonds. The fourth-order valence-corrected chi connectivity index (χ4v) is 3.02. The number of nitrogens with two attached hydrogens (primary N) is 1. The third-order valence-corrected chi connectivity index (χ3v) is 3.85. The fraction of sp³-hybridized carbons (Fsp3) is 0.417. The van der Waals surface area contributed by atoms with Crippen LogP contribution in [0.15, 0.2) is 18.2 Å². The van der Waals surface area contributed by atoms with Crippen LogP contribution < -0.4 is 11.1 Å². The minimum absolute atomic E-state index is 0.390. The van der Waals surface area contributed by atoms with Gasteiger partial charge in [0, 0.05) is 12.3 Å². The maximum absolute atomic E-state index is 5.76. The molecule has 0 aliphatic carbocycles. The molecule has 1 aliphatic heterocycles. The summed E-state index contributed by atoms with van der Waals surface area (Å²) in [4.78, 5) is 4.54. The molecule has 3 N–H and O–H groups in total. The SMILES string of the molecule is Nc1ccc2nc(NC3CCCOC3)sc2c1. The highest BCUT2D eigenvalue weighted by Gasteiger charge is 2.15. The largest absolute Gasteiger partial charge is 0.399 e. The van der Waals surface area contributed by atoms with Crippen LogP contribution in [0.1, 0.15) is 12.8 Å². The molecule has 2 heterocycles. The molecule has 1 saturated heterocycles. The number of anilines is 2. The van der Waals surface area contributed by atoms with Gasteiger partial charge < -0.3 is 15.8 Å². The first-order valence-electron chi connectivity index (χ1n) is 5.81. The van der Waals surface area contributed by atoms with Crippen LogP contribution in [0.25, 0.3) is 10.2 Å². The van der Waals surface area contributed by atoms with E-state index in [9.17, 15) is 0 Å². The summed E-state index contributed by atoms with van der Waals surface area (Å²) in [5.41, 5.74) is 7.54. The molecule has 3 rings (SSSR count). The lowest BCUT2D eigenvalue weighted by Gasteiger charge is -2.22. The summed E-state index contributed by atoms with van der Waals surface area (Å²) in [6, 6.07) is 6.20. The number of ether oxygens (including phenoxy) is 1. The van der Waals surface area contributed by atoms with Gasteiger partial charge in [-0.25, -0.2) is 4.98 Å². The monoisotopic (exact) mass is 249 g/mol. The van der Waals surface area contributed by atoms with E-state index in [-0.39, 0.29) is 0 Å². The Bertz CT molecular complexity index is 519. The molecule has 0 bridgehead atoms. The lowest BCUT2D eigenvalue weighted by atomic mass is 10.1. The average molecular weight is 249 g/mol. The highest BCUT2D eigenvalue weighted by molar-refractivity contribution is 7.22. The predicted octanol–water partition coefficient (Wildman–Crippen LogP) is 2.47. The Morgan fingerprint density at radius 2 is 2.41 bits per heavy atom. The van der Waals surface area contributed by atoms with Crippen molar-refractivity contribution in [2.75, 3.05) is 24.3 Å². The van der Waals surface area contributed by atoms with Gasteiger partial charge in [-0.3, -0.25) is 0 Å². The van der Waals surface area contributed by atoms with Gasteiger partial charge in [0.1, 0.15) is 0 Å². The van der Waals surface area contributed by atoms with Crippen molar-refractivity contribution in [3.63, 3.8) is 0 Å². The van der Waals surface area contributed by atoms with E-state index in [1.54, 1.807) is 11.3 Å². The van der Waals surface area contributed by atoms with E-state index in [1.165, 1.54) is 0 Å². The lowest BCUT2D eigenvalue weighted by molar-refractivity contribution is 0.0876. The van der Waals surface area contributed by atoms with Crippen LogP contribution in [0.3, 0.4) is 0 Å². The van der Waals surface area contributed by atoms with Crippen molar-refractivity contribution in [3.8, 4) is 0 Å². The molecule has 5 heteroatoms. The van der Waals surface area contributed by atoms with Gasteiger partial charge in [-0.05, 0) is 31.0 Å². The van der Waals surface area contributed by atoms with Crippen LogP contribution in [0.2, 0.25) is 0 Å². The van der Waals surface area contributed by atoms with Crippen LogP contribution in [-0.4, -0.2) is 24.2 Å². The first-order valence-corrected chi connectivity index (χ1v) is 6.63. The summed E-state index contributed by atoms with van der Waals surface area (Å²) in [5.74, 6) is 0. The number of fused-ring (bicyclic) bond motifs is 1. The molecular formula is C12H15N3OS. The van der Waals surface area contributed by atoms with Gasteiger partial charge in [-0.15, -0.1) is 0 Å². The Morgan fingerprint density at radius 3 is 3.24 bits per heavy atom. The summed E-state index contributed by atoms with van der Waals surface area (Å²) in [6.45, 7) is 1.66. The highest BCUT2D eigenvalue weighted by Crippen LogP contribution is 2.28. The molecular weight excluding hydrogens is 234 g/mol. The van der Waals surface area contributed by atoms with Crippen LogP contribution in [0.4, 0.5) is 10.8 Å². The Balaban J connectivity index is 1.80. The van der Waals surface area contributed by atoms with E-state index in [0.717, 1.165) is 47.1 Å². The first kappa shape index (κ1) is 10.8. The third kappa shape index (κ3) is 2.35. The van der Waals surface area contributed by atoms with Crippen LogP contribution in [0, 0.1) is 0 Å². The van der Waals surface area contributed by atoms with E-state index in [0.29, 0.717) is 6.04 Å². The number of hydrogen-bond acceptors (Lipinski definition) is 5. The first-order chi connectivity index (χ1) is 8.31. The highest BCUT2D eigenvalue weighted by atomic mass is 32.1. The van der Waals surface area contributed by atoms with Crippen molar-refractivity contribution in [1.82, 2.24) is 4.98 Å². The Morgan fingerprint density at radius 1 is 1.47 bits per heavy atom. The Kier molecular flexibility index (Phi) is 2.86. The number of benzene rings is 1. The van der Waals surface area contributed by atoms with Crippen molar-refractivity contribution < 1.29 is 4.74 Å². The van der Waals surface area contributed by atoms with Gasteiger partial charge in [0.15, 0.2) is 5.13 Å². The van der Waals surface area contributed by atoms with E-state index < -0.39 is 0 Å². The van der Waals surface area contributed by atoms with E-state index >= 15 is 0 Å². The second kappa shape index (κ2) is 4.50. The molecule has 1 aromatic carbocycles. The lowest BCUT2D eigenvalue weighted by Crippen LogP contribution is -2.29. The molecule has 0 saturated carbocycles. The van der Waals surface area contributed by atoms with Crippen molar-refractivity contribution >= 4 is 32.4 Å². The van der Waals surface area contributed by atoms with Crippen LogP contribution in [0.5, 0.6) is 0 Å². The average Bonchev–Trinajstić information content (AvgIpc) is 2.71. The molecule has 1 atom stereocenters. The topological polar surface area (TPSA) is 60.2 Å². The second-order valence-corrected chi connectivity index (χ2v) is 5.34. The zero-order valence-electron chi connectivity index (χ0n) is 9.48. The molecule has 2 aromatic rings. The summed E-state index contributed by atoms with van der Waals surface area (Å²) in [5, 5.41) is 4.39. The molecule has 4 nitrogen and oxygen atoms in total. The summed E-state index contributed by atoms with van der Waals surface area (Å²) in [6.07, 6.45) is 2.27. The number of nitrogens with zero attached hydrogens (tertiary/aromatic N) is 1. The molecule has 90 valence electrons. The molecule has 1 unspecified atom stereocenters. The maximum atomic E-state index is 5.76. The minimum Gasteiger partial charge on any atom is -0.399 e. The molecule has 1 fully saturated rings. The molecule has 1 aromatic heterocycles. The number of nitrogens with one attached hydrogen (secondary N) is 1. The van der Waals surface area contributed by atoms with Crippen LogP contribution in [-0.2, 0) is 4.74 Å². The normalized spacial score (nSPS) is 20.6. The number of aromatic nitrogens is 1. The molecule has 1 aliphatic rings. The van der Waals surface area contributed by atoms with E-state index in [2.05, 4.69) is 10.3 Å². The summed E-state index contributed by atoms with van der Waals surface area (Å²) < 4.78 is 6.57. The smallest absolute Gasteiger partial charge is 0.184 e. The van der Waals surface area contributed by atoms with Crippen molar-refractivity contribution in [1.29, 1.82) is 0 Å². The summed E-state index contributed by atoms with van der Waals surface area (Å²) in [7, 11) is 0. The minimum atomic E-state index is 0.390. The molecule has 17 heavy (non-hydrogen) atoms. The van der Waals surface area contributed by atoms with Crippen molar-refractivity contribution in [3.05, 3.63) is 18.2 Å². The Hall–Kier alpha value is -1.33. The standard InChI is InChI=1S/C12H15N3OS/c13-8-3-4-10-11(6-8)17-12(15-10)14-9-2-1-5-16-7-9/h3-4,6,9H,1-2,5,7,13H2,(H,14,15). The van der Waals surface area contributed by atoms with Gasteiger partial charge in [-0.2, -0.15) is 0 Å². The van der Waals surface area contributed by atoms with Crippen LogP contribution >= 0.6 is 11.3 Å². The molecule has 0 radical (unpaired) electrons. The number of rotatable bonds is 2. The van der Waals surface area contributed by atoms with E-state index in [1.807, 2.05) is 18.2 Å². The van der Waals surface area contributed by atoms with Gasteiger partial charge in [0.2, 0.25) is 0 Å². The maximum Gasteiger partial charge on any atom is 0.184 e. The zero-order valence-corrected chi connectivity index (χ0v) is 10.3. The van der Waals surface area contributed by atoms with Gasteiger partial charge in [-0.1, -0.05) is 11.3 Å². The van der Waals surface area contributed by atoms with E-state index in [4.69, 9.17) is 10.5 Å². The quantitative estimate of drug-likeness (QED) is 0.803. The van der Waals surface area contributed by atoms with Gasteiger partial charge in [0.25, 0.3) is 0 Å². The molecule has 0 spiro atoms. The summed E-state index contributed by atoms with van der Waals surface area (Å²) >= 11 is 1.65. The second-order valence-electron chi connectivity index (χ2n) is 4.30. The number of nitrogen functional groups attached to an aromatic ring is 1.